The summed E-state index contributed by atoms with van der Waals surface area (Å²) in [6, 6.07) is 14.0. The van der Waals surface area contributed by atoms with Gasteiger partial charge in [0.2, 0.25) is 0 Å². The average molecular weight is 382 g/mol. The summed E-state index contributed by atoms with van der Waals surface area (Å²) in [4.78, 5) is 19.8. The number of aldehydes is 1. The fourth-order valence-corrected chi connectivity index (χ4v) is 4.57. The minimum absolute atomic E-state index is 0.714. The number of ether oxygens (including phenoxy) is 1. The third kappa shape index (κ3) is 3.27. The fraction of sp³-hybridized carbons (Fsp3) is 0.300. The van der Waals surface area contributed by atoms with Gasteiger partial charge in [0.25, 0.3) is 0 Å². The van der Waals surface area contributed by atoms with Crippen LogP contribution in [0.5, 0.6) is 0 Å². The van der Waals surface area contributed by atoms with Crippen molar-refractivity contribution in [2.45, 2.75) is 5.66 Å². The van der Waals surface area contributed by atoms with Gasteiger partial charge in [-0.2, -0.15) is 0 Å². The number of hydrogen-bond acceptors (Lipinski definition) is 7. The lowest BCUT2D eigenvalue weighted by molar-refractivity contribution is -0.112. The van der Waals surface area contributed by atoms with E-state index < -0.39 is 5.66 Å². The van der Waals surface area contributed by atoms with E-state index in [1.165, 1.54) is 11.9 Å². The highest BCUT2D eigenvalue weighted by atomic mass is 32.2. The molecule has 1 aromatic carbocycles. The average Bonchev–Trinajstić information content (AvgIpc) is 3.01. The van der Waals surface area contributed by atoms with Gasteiger partial charge in [0, 0.05) is 42.4 Å². The van der Waals surface area contributed by atoms with Crippen LogP contribution in [0.4, 0.5) is 5.82 Å². The largest absolute Gasteiger partial charge is 0.378 e. The van der Waals surface area contributed by atoms with Gasteiger partial charge < -0.3 is 15.4 Å². The first-order valence-electron chi connectivity index (χ1n) is 8.90. The Bertz CT molecular complexity index is 850. The van der Waals surface area contributed by atoms with Gasteiger partial charge >= 0.3 is 0 Å². The number of benzene rings is 1. The molecule has 1 aromatic heterocycles. The summed E-state index contributed by atoms with van der Waals surface area (Å²) in [7, 11) is 1.84. The number of anilines is 1. The van der Waals surface area contributed by atoms with E-state index in [4.69, 9.17) is 10.5 Å². The lowest BCUT2D eigenvalue weighted by Gasteiger charge is -2.29. The molecule has 140 valence electrons. The number of hydrogen-bond donors (Lipinski definition) is 1. The summed E-state index contributed by atoms with van der Waals surface area (Å²) >= 11 is 1.49. The highest BCUT2D eigenvalue weighted by Gasteiger charge is 2.44. The third-order valence-corrected chi connectivity index (χ3v) is 6.16. The molecule has 2 aliphatic rings. The fourth-order valence-electron chi connectivity index (χ4n) is 3.39. The van der Waals surface area contributed by atoms with Crippen LogP contribution in [0.25, 0.3) is 10.5 Å². The number of nitrogens with zero attached hydrogens (tertiary/aromatic N) is 3. The third-order valence-electron chi connectivity index (χ3n) is 4.96. The molecule has 1 saturated heterocycles. The first-order valence-corrected chi connectivity index (χ1v) is 9.67. The molecule has 2 aromatic rings. The zero-order valence-corrected chi connectivity index (χ0v) is 16.0. The highest BCUT2D eigenvalue weighted by Crippen LogP contribution is 2.49. The predicted molar refractivity (Wildman–Crippen MR) is 109 cm³/mol. The smallest absolute Gasteiger partial charge is 0.163 e. The van der Waals surface area contributed by atoms with E-state index in [1.807, 2.05) is 55.7 Å². The minimum Gasteiger partial charge on any atom is -0.378 e. The summed E-state index contributed by atoms with van der Waals surface area (Å²) in [6.07, 6.45) is 2.62. The summed E-state index contributed by atoms with van der Waals surface area (Å²) in [5.41, 5.74) is 8.00. The molecule has 2 aliphatic heterocycles. The Balaban J connectivity index is 1.76. The van der Waals surface area contributed by atoms with Crippen LogP contribution in [-0.4, -0.2) is 54.6 Å². The molecule has 0 aliphatic carbocycles. The molecule has 1 atom stereocenters. The van der Waals surface area contributed by atoms with Gasteiger partial charge in [-0.3, -0.25) is 4.79 Å². The maximum atomic E-state index is 12.0. The van der Waals surface area contributed by atoms with Crippen LogP contribution in [0.2, 0.25) is 0 Å². The van der Waals surface area contributed by atoms with Gasteiger partial charge in [0.15, 0.2) is 11.9 Å². The van der Waals surface area contributed by atoms with Crippen molar-refractivity contribution in [3.05, 3.63) is 59.8 Å². The number of carbonyl (C=O) groups is 1. The van der Waals surface area contributed by atoms with Crippen molar-refractivity contribution >= 4 is 34.5 Å². The van der Waals surface area contributed by atoms with Crippen molar-refractivity contribution < 1.29 is 9.53 Å². The van der Waals surface area contributed by atoms with Crippen LogP contribution < -0.4 is 10.6 Å². The number of likely N-dealkylation sites (N-methyl/N-ethyl adjacent to an activating group) is 1. The van der Waals surface area contributed by atoms with Gasteiger partial charge in [-0.15, -0.1) is 0 Å². The molecule has 0 radical (unpaired) electrons. The van der Waals surface area contributed by atoms with E-state index in [0.717, 1.165) is 46.8 Å². The normalized spacial score (nSPS) is 23.7. The number of morpholine rings is 1. The summed E-state index contributed by atoms with van der Waals surface area (Å²) < 4.78 is 7.20. The van der Waals surface area contributed by atoms with E-state index in [-0.39, 0.29) is 0 Å². The Morgan fingerprint density at radius 3 is 2.52 bits per heavy atom. The van der Waals surface area contributed by atoms with Gasteiger partial charge in [-0.25, -0.2) is 9.29 Å². The number of nitrogens with two attached hydrogens (primary N) is 1. The minimum atomic E-state index is -1.20. The van der Waals surface area contributed by atoms with Crippen LogP contribution in [0.15, 0.2) is 48.7 Å². The van der Waals surface area contributed by atoms with Crippen LogP contribution in [0.3, 0.4) is 0 Å². The summed E-state index contributed by atoms with van der Waals surface area (Å²) in [6.45, 7) is 3.09. The Morgan fingerprint density at radius 1 is 1.15 bits per heavy atom. The van der Waals surface area contributed by atoms with E-state index in [1.54, 1.807) is 4.31 Å². The monoisotopic (exact) mass is 382 g/mol. The molecule has 0 amide bonds. The molecule has 0 bridgehead atoms. The second-order valence-corrected chi connectivity index (χ2v) is 7.75. The summed E-state index contributed by atoms with van der Waals surface area (Å²) in [5.74, 6) is 0.914. The topological polar surface area (TPSA) is 71.7 Å². The van der Waals surface area contributed by atoms with E-state index in [0.29, 0.717) is 13.2 Å². The lowest BCUT2D eigenvalue weighted by atomic mass is 9.93. The first kappa shape index (κ1) is 18.2. The zero-order valence-electron chi connectivity index (χ0n) is 15.2. The van der Waals surface area contributed by atoms with E-state index in [9.17, 15) is 4.79 Å². The molecular formula is C20H22N4O2S. The van der Waals surface area contributed by atoms with Crippen LogP contribution in [-0.2, 0) is 9.53 Å². The molecule has 6 nitrogen and oxygen atoms in total. The van der Waals surface area contributed by atoms with Crippen LogP contribution in [0.1, 0.15) is 11.1 Å². The Kier molecular flexibility index (Phi) is 5.01. The number of carbonyl (C=O) groups excluding carboxylic acids is 1. The molecule has 4 rings (SSSR count). The van der Waals surface area contributed by atoms with Crippen LogP contribution in [0, 0.1) is 0 Å². The van der Waals surface area contributed by atoms with Gasteiger partial charge in [0.1, 0.15) is 5.82 Å². The Hall–Kier alpha value is -2.19. The second kappa shape index (κ2) is 7.44. The number of pyridine rings is 1. The SMILES string of the molecule is CN1SC(c2ccccc2)=C(c2ccc(N3CCOCC3)nc2)C1(N)C=O. The quantitative estimate of drug-likeness (QED) is 0.642. The maximum Gasteiger partial charge on any atom is 0.163 e. The van der Waals surface area contributed by atoms with Gasteiger partial charge in [0.05, 0.1) is 13.2 Å². The predicted octanol–water partition coefficient (Wildman–Crippen LogP) is 2.23. The van der Waals surface area contributed by atoms with Crippen molar-refractivity contribution in [3.63, 3.8) is 0 Å². The van der Waals surface area contributed by atoms with Gasteiger partial charge in [-0.05, 0) is 29.6 Å². The molecule has 0 spiro atoms. The molecule has 2 N–H and O–H groups in total. The summed E-state index contributed by atoms with van der Waals surface area (Å²) in [5, 5.41) is 0. The highest BCUT2D eigenvalue weighted by molar-refractivity contribution is 8.06. The van der Waals surface area contributed by atoms with E-state index >= 15 is 0 Å². The lowest BCUT2D eigenvalue weighted by Crippen LogP contribution is -2.51. The standard InChI is InChI=1S/C20H22N4O2S/c1-23-20(21,14-25)18(19(27-23)15-5-3-2-4-6-15)16-7-8-17(22-13-16)24-9-11-26-12-10-24/h2-8,13-14H,9-12,21H2,1H3. The molecule has 27 heavy (non-hydrogen) atoms. The second-order valence-electron chi connectivity index (χ2n) is 6.61. The molecule has 1 unspecified atom stereocenters. The first-order chi connectivity index (χ1) is 13.1. The molecule has 0 saturated carbocycles. The maximum absolute atomic E-state index is 12.0. The van der Waals surface area contributed by atoms with E-state index in [2.05, 4.69) is 9.88 Å². The van der Waals surface area contributed by atoms with Crippen molar-refractivity contribution in [2.75, 3.05) is 38.3 Å². The van der Waals surface area contributed by atoms with Gasteiger partial charge in [-0.1, -0.05) is 30.3 Å². The number of rotatable bonds is 4. The van der Waals surface area contributed by atoms with Crippen molar-refractivity contribution in [2.24, 2.45) is 5.73 Å². The Labute approximate surface area is 163 Å². The molecule has 7 heteroatoms. The zero-order chi connectivity index (χ0) is 18.9. The van der Waals surface area contributed by atoms with Crippen LogP contribution >= 0.6 is 11.9 Å². The van der Waals surface area contributed by atoms with Crippen molar-refractivity contribution in [3.8, 4) is 0 Å². The molecular weight excluding hydrogens is 360 g/mol. The Morgan fingerprint density at radius 2 is 1.89 bits per heavy atom. The number of aromatic nitrogens is 1. The molecule has 1 fully saturated rings. The van der Waals surface area contributed by atoms with Crippen molar-refractivity contribution in [1.82, 2.24) is 9.29 Å². The van der Waals surface area contributed by atoms with Crippen molar-refractivity contribution in [1.29, 1.82) is 0 Å². The molecule has 3 heterocycles.